The molecule has 73 heavy (non-hydrogen) atoms. The van der Waals surface area contributed by atoms with Crippen molar-refractivity contribution in [2.45, 2.75) is 141 Å². The Bertz CT molecular complexity index is 2410. The van der Waals surface area contributed by atoms with Crippen LogP contribution in [0, 0.1) is 29.1 Å². The van der Waals surface area contributed by atoms with Crippen LogP contribution in [-0.4, -0.2) is 39.5 Å². The number of carbonyl (C=O) groups excluding carboxylic acids is 4. The van der Waals surface area contributed by atoms with Gasteiger partial charge in [0.25, 0.3) is 0 Å². The van der Waals surface area contributed by atoms with E-state index < -0.39 is 29.2 Å². The van der Waals surface area contributed by atoms with Crippen molar-refractivity contribution in [1.82, 2.24) is 0 Å². The summed E-state index contributed by atoms with van der Waals surface area (Å²) in [5.74, 6) is -3.14. The highest BCUT2D eigenvalue weighted by molar-refractivity contribution is 6.01. The fourth-order valence-corrected chi connectivity index (χ4v) is 10.6. The molecule has 2 fully saturated rings. The van der Waals surface area contributed by atoms with E-state index in [4.69, 9.17) is 20.9 Å². The highest BCUT2D eigenvalue weighted by atomic mass is 16.5. The van der Waals surface area contributed by atoms with Gasteiger partial charge >= 0.3 is 11.9 Å². The Morgan fingerprint density at radius 1 is 0.534 bits per heavy atom. The average molecular weight is 991 g/mol. The lowest BCUT2D eigenvalue weighted by atomic mass is 9.65. The van der Waals surface area contributed by atoms with Gasteiger partial charge in [0.15, 0.2) is 5.78 Å². The molecular weight excluding hydrogens is 913 g/mol. The lowest BCUT2D eigenvalue weighted by molar-refractivity contribution is -0.230. The second-order valence-electron chi connectivity index (χ2n) is 20.7. The zero-order chi connectivity index (χ0) is 52.1. The Kier molecular flexibility index (Phi) is 21.6. The number of anilines is 2. The normalized spacial score (nSPS) is 18.3. The van der Waals surface area contributed by atoms with Crippen LogP contribution < -0.4 is 20.9 Å². The van der Waals surface area contributed by atoms with Crippen molar-refractivity contribution in [2.24, 2.45) is 29.1 Å². The molecule has 0 radical (unpaired) electrons. The Morgan fingerprint density at radius 2 is 0.932 bits per heavy atom. The molecule has 0 amide bonds. The van der Waals surface area contributed by atoms with E-state index in [0.29, 0.717) is 57.0 Å². The molecule has 0 aromatic heterocycles. The first-order valence-electron chi connectivity index (χ1n) is 26.7. The number of carbonyl (C=O) groups is 4. The SMILES string of the molecule is C=CCCCCCC1CCC(C(=O)Oc2ccc(C=CC(=O)CC(Cc3ccc(N)cc3)(Cc3ccc(N)cc3)C(O)(O)C(=O)C=Cc3ccc(OC(=O)C4CCC(CCCCCC=C)CC4)cc3)cc2)CC1. The van der Waals surface area contributed by atoms with Crippen LogP contribution >= 0.6 is 0 Å². The van der Waals surface area contributed by atoms with Crippen LogP contribution in [0.4, 0.5) is 11.4 Å². The number of ketones is 2. The van der Waals surface area contributed by atoms with Crippen LogP contribution in [0.1, 0.15) is 144 Å². The number of esters is 2. The number of hydrogen-bond donors (Lipinski definition) is 4. The van der Waals surface area contributed by atoms with Gasteiger partial charge in [0, 0.05) is 23.2 Å². The van der Waals surface area contributed by atoms with Crippen molar-refractivity contribution in [1.29, 1.82) is 0 Å². The lowest BCUT2D eigenvalue weighted by Crippen LogP contribution is -2.57. The summed E-state index contributed by atoms with van der Waals surface area (Å²) >= 11 is 0. The van der Waals surface area contributed by atoms with Crippen LogP contribution in [0.25, 0.3) is 12.2 Å². The zero-order valence-corrected chi connectivity index (χ0v) is 42.8. The van der Waals surface area contributed by atoms with Crippen LogP contribution in [0.15, 0.2) is 135 Å². The van der Waals surface area contributed by atoms with Crippen molar-refractivity contribution in [3.63, 3.8) is 0 Å². The smallest absolute Gasteiger partial charge is 0.314 e. The van der Waals surface area contributed by atoms with Crippen LogP contribution in [0.2, 0.25) is 0 Å². The van der Waals surface area contributed by atoms with Crippen molar-refractivity contribution in [3.05, 3.63) is 157 Å². The molecule has 6 N–H and O–H groups in total. The summed E-state index contributed by atoms with van der Waals surface area (Å²) in [6, 6.07) is 27.3. The summed E-state index contributed by atoms with van der Waals surface area (Å²) in [7, 11) is 0. The highest BCUT2D eigenvalue weighted by Crippen LogP contribution is 2.43. The number of unbranched alkanes of at least 4 members (excludes halogenated alkanes) is 6. The second kappa shape index (κ2) is 28.2. The topological polar surface area (TPSA) is 179 Å². The van der Waals surface area contributed by atoms with Crippen molar-refractivity contribution >= 4 is 47.0 Å². The van der Waals surface area contributed by atoms with E-state index >= 15 is 0 Å². The van der Waals surface area contributed by atoms with E-state index in [1.165, 1.54) is 63.5 Å². The fraction of sp³-hybridized carbons (Fsp3) is 0.429. The number of allylic oxidation sites excluding steroid dienone is 3. The minimum Gasteiger partial charge on any atom is -0.426 e. The van der Waals surface area contributed by atoms with Gasteiger partial charge in [-0.1, -0.05) is 111 Å². The molecule has 2 aliphatic carbocycles. The molecule has 10 nitrogen and oxygen atoms in total. The van der Waals surface area contributed by atoms with Crippen LogP contribution in [0.5, 0.6) is 11.5 Å². The lowest BCUT2D eigenvalue weighted by Gasteiger charge is -2.42. The third kappa shape index (κ3) is 17.4. The fourth-order valence-electron chi connectivity index (χ4n) is 10.6. The molecule has 0 aliphatic heterocycles. The Hall–Kier alpha value is -6.36. The Balaban J connectivity index is 1.12. The molecule has 0 heterocycles. The van der Waals surface area contributed by atoms with Crippen molar-refractivity contribution in [2.75, 3.05) is 11.5 Å². The van der Waals surface area contributed by atoms with Crippen molar-refractivity contribution in [3.8, 4) is 11.5 Å². The number of hydrogen-bond acceptors (Lipinski definition) is 10. The molecule has 4 aromatic rings. The van der Waals surface area contributed by atoms with Gasteiger partial charge in [-0.15, -0.1) is 13.2 Å². The van der Waals surface area contributed by atoms with Gasteiger partial charge < -0.3 is 31.2 Å². The largest absolute Gasteiger partial charge is 0.426 e. The number of nitrogens with two attached hydrogens (primary N) is 2. The minimum atomic E-state index is -3.06. The third-order valence-corrected chi connectivity index (χ3v) is 15.1. The Morgan fingerprint density at radius 3 is 1.33 bits per heavy atom. The second-order valence-corrected chi connectivity index (χ2v) is 20.7. The summed E-state index contributed by atoms with van der Waals surface area (Å²) in [4.78, 5) is 54.7. The highest BCUT2D eigenvalue weighted by Gasteiger charge is 2.54. The first kappa shape index (κ1) is 55.9. The number of benzene rings is 4. The van der Waals surface area contributed by atoms with E-state index in [1.807, 2.05) is 12.2 Å². The molecular formula is C63H78N2O8. The molecule has 0 bridgehead atoms. The quantitative estimate of drug-likeness (QED) is 0.00814. The summed E-state index contributed by atoms with van der Waals surface area (Å²) in [6.07, 6.45) is 28.0. The average Bonchev–Trinajstić information content (AvgIpc) is 3.39. The van der Waals surface area contributed by atoms with Gasteiger partial charge in [0.1, 0.15) is 11.5 Å². The molecule has 388 valence electrons. The minimum absolute atomic E-state index is 0.0839. The maximum Gasteiger partial charge on any atom is 0.314 e. The first-order valence-corrected chi connectivity index (χ1v) is 26.7. The van der Waals surface area contributed by atoms with Gasteiger partial charge in [0.05, 0.1) is 11.8 Å². The number of ether oxygens (including phenoxy) is 2. The summed E-state index contributed by atoms with van der Waals surface area (Å²) < 4.78 is 11.6. The number of aliphatic hydroxyl groups is 2. The monoisotopic (exact) mass is 991 g/mol. The van der Waals surface area contributed by atoms with Crippen LogP contribution in [-0.2, 0) is 32.0 Å². The standard InChI is InChI=1S/C63H78N2O8/c1-3-5-7-9-11-13-46-15-29-52(30-16-46)60(68)72-57-38-24-48(25-39-57)23-37-56(66)45-62(43-50-19-33-54(64)34-20-50,44-51-21-35-55(65)36-22-51)63(70,71)59(67)42-28-49-26-40-58(41-27-49)73-61(69)53-31-17-47(18-32-53)14-12-10-8-6-4-2/h3-4,19-28,33-42,46-47,52-53,70-71H,1-2,5-18,29-32,43-45,64-65H2. The maximum atomic E-state index is 14.3. The molecule has 0 unspecified atom stereocenters. The molecule has 0 spiro atoms. The van der Waals surface area contributed by atoms with Crippen LogP contribution in [0.3, 0.4) is 0 Å². The third-order valence-electron chi connectivity index (χ3n) is 15.1. The van der Waals surface area contributed by atoms with Gasteiger partial charge in [-0.3, -0.25) is 19.2 Å². The van der Waals surface area contributed by atoms with E-state index in [2.05, 4.69) is 13.2 Å². The zero-order valence-electron chi connectivity index (χ0n) is 42.8. The maximum absolute atomic E-state index is 14.3. The predicted octanol–water partition coefficient (Wildman–Crippen LogP) is 13.0. The van der Waals surface area contributed by atoms with E-state index in [-0.39, 0.29) is 36.6 Å². The molecule has 10 heteroatoms. The van der Waals surface area contributed by atoms with Gasteiger partial charge in [-0.05, 0) is 185 Å². The first-order chi connectivity index (χ1) is 35.2. The molecule has 0 atom stereocenters. The molecule has 0 saturated heterocycles. The Labute approximate surface area is 433 Å². The van der Waals surface area contributed by atoms with Gasteiger partial charge in [-0.2, -0.15) is 0 Å². The molecule has 2 aliphatic rings. The predicted molar refractivity (Wildman–Crippen MR) is 293 cm³/mol. The van der Waals surface area contributed by atoms with Crippen molar-refractivity contribution < 1.29 is 38.9 Å². The molecule has 4 aromatic carbocycles. The molecule has 2 saturated carbocycles. The summed E-state index contributed by atoms with van der Waals surface area (Å²) in [5, 5.41) is 24.6. The summed E-state index contributed by atoms with van der Waals surface area (Å²) in [6.45, 7) is 7.60. The number of nitrogen functional groups attached to an aromatic ring is 2. The molecule has 6 rings (SSSR count). The van der Waals surface area contributed by atoms with Gasteiger partial charge in [0.2, 0.25) is 11.6 Å². The number of rotatable bonds is 28. The van der Waals surface area contributed by atoms with E-state index in [9.17, 15) is 29.4 Å². The summed E-state index contributed by atoms with van der Waals surface area (Å²) in [5.41, 5.74) is 13.7. The van der Waals surface area contributed by atoms with E-state index in [1.54, 1.807) is 103 Å². The van der Waals surface area contributed by atoms with E-state index in [0.717, 1.165) is 70.3 Å². The van der Waals surface area contributed by atoms with Gasteiger partial charge in [-0.25, -0.2) is 0 Å².